The summed E-state index contributed by atoms with van der Waals surface area (Å²) >= 11 is 0. The number of anilines is 2. The Morgan fingerprint density at radius 3 is 2.39 bits per heavy atom. The second-order valence-electron chi connectivity index (χ2n) is 8.67. The number of nitrogens with one attached hydrogen (secondary N) is 1. The van der Waals surface area contributed by atoms with Crippen molar-refractivity contribution in [1.29, 1.82) is 0 Å². The molecule has 1 saturated heterocycles. The van der Waals surface area contributed by atoms with Crippen LogP contribution >= 0.6 is 0 Å². The Morgan fingerprint density at radius 2 is 1.61 bits per heavy atom. The van der Waals surface area contributed by atoms with Crippen LogP contribution in [0.4, 0.5) is 11.5 Å². The minimum absolute atomic E-state index is 0.218. The van der Waals surface area contributed by atoms with Gasteiger partial charge >= 0.3 is 0 Å². The van der Waals surface area contributed by atoms with E-state index < -0.39 is 9.84 Å². The Morgan fingerprint density at radius 1 is 0.861 bits per heavy atom. The Labute approximate surface area is 210 Å². The first kappa shape index (κ1) is 24.0. The van der Waals surface area contributed by atoms with Gasteiger partial charge in [-0.1, -0.05) is 30.3 Å². The minimum atomic E-state index is -2.88. The number of hydrogen-bond donors (Lipinski definition) is 1. The molecule has 1 fully saturated rings. The normalized spacial score (nSPS) is 15.4. The largest absolute Gasteiger partial charge is 0.492 e. The first-order valence-electron chi connectivity index (χ1n) is 11.9. The van der Waals surface area contributed by atoms with E-state index in [0.29, 0.717) is 38.7 Å². The lowest BCUT2D eigenvalue weighted by Gasteiger charge is -2.26. The summed E-state index contributed by atoms with van der Waals surface area (Å²) in [6.45, 7) is 2.79. The monoisotopic (exact) mass is 504 g/mol. The van der Waals surface area contributed by atoms with Gasteiger partial charge in [-0.2, -0.15) is 0 Å². The van der Waals surface area contributed by atoms with Crippen molar-refractivity contribution in [1.82, 2.24) is 14.9 Å². The third-order valence-corrected chi connectivity index (χ3v) is 7.69. The van der Waals surface area contributed by atoms with Crippen molar-refractivity contribution in [2.24, 2.45) is 0 Å². The highest BCUT2D eigenvalue weighted by Crippen LogP contribution is 2.27. The number of benzene rings is 3. The first-order chi connectivity index (χ1) is 17.5. The first-order valence-corrected chi connectivity index (χ1v) is 13.7. The number of aromatic nitrogens is 2. The SMILES string of the molecule is O=S1(=O)CCN(CCOc2ccc3ncnc(Nc4ccc(OCc5ccccc5)cc4)c3c2)CC1. The van der Waals surface area contributed by atoms with Crippen LogP contribution in [0.25, 0.3) is 10.9 Å². The summed E-state index contributed by atoms with van der Waals surface area (Å²) in [6.07, 6.45) is 1.53. The summed E-state index contributed by atoms with van der Waals surface area (Å²) in [7, 11) is -2.88. The van der Waals surface area contributed by atoms with E-state index in [1.54, 1.807) is 0 Å². The van der Waals surface area contributed by atoms with Gasteiger partial charge in [0, 0.05) is 30.7 Å². The zero-order valence-electron chi connectivity index (χ0n) is 19.8. The molecule has 5 rings (SSSR count). The summed E-state index contributed by atoms with van der Waals surface area (Å²) in [5.41, 5.74) is 2.81. The van der Waals surface area contributed by atoms with Crippen molar-refractivity contribution >= 4 is 32.2 Å². The fraction of sp³-hybridized carbons (Fsp3) is 0.259. The molecule has 0 amide bonds. The maximum absolute atomic E-state index is 11.6. The summed E-state index contributed by atoms with van der Waals surface area (Å²) < 4.78 is 35.0. The third-order valence-electron chi connectivity index (χ3n) is 6.09. The van der Waals surface area contributed by atoms with Crippen LogP contribution in [0.1, 0.15) is 5.56 Å². The molecule has 1 aromatic heterocycles. The van der Waals surface area contributed by atoms with Crippen LogP contribution in [0.3, 0.4) is 0 Å². The Bertz CT molecular complexity index is 1400. The zero-order valence-corrected chi connectivity index (χ0v) is 20.7. The third kappa shape index (κ3) is 6.30. The standard InChI is InChI=1S/C27H28N4O4S/c32-36(33)16-13-31(14-17-36)12-15-34-24-10-11-26-25(18-24)27(29-20-28-26)30-22-6-8-23(9-7-22)35-19-21-4-2-1-3-5-21/h1-11,18,20H,12-17,19H2,(H,28,29,30). The number of ether oxygens (including phenoxy) is 2. The maximum Gasteiger partial charge on any atom is 0.152 e. The van der Waals surface area contributed by atoms with Crippen LogP contribution < -0.4 is 14.8 Å². The van der Waals surface area contributed by atoms with Gasteiger partial charge in [0.05, 0.1) is 17.0 Å². The van der Waals surface area contributed by atoms with Crippen molar-refractivity contribution in [3.63, 3.8) is 0 Å². The zero-order chi connectivity index (χ0) is 24.8. The van der Waals surface area contributed by atoms with Crippen LogP contribution in [-0.2, 0) is 16.4 Å². The van der Waals surface area contributed by atoms with Crippen LogP contribution in [0.15, 0.2) is 79.1 Å². The quantitative estimate of drug-likeness (QED) is 0.365. The molecule has 0 bridgehead atoms. The molecule has 36 heavy (non-hydrogen) atoms. The van der Waals surface area contributed by atoms with Crippen molar-refractivity contribution in [3.8, 4) is 11.5 Å². The molecular formula is C27H28N4O4S. The van der Waals surface area contributed by atoms with E-state index in [9.17, 15) is 8.42 Å². The lowest BCUT2D eigenvalue weighted by atomic mass is 10.2. The molecule has 3 aromatic carbocycles. The highest BCUT2D eigenvalue weighted by molar-refractivity contribution is 7.91. The fourth-order valence-electron chi connectivity index (χ4n) is 4.00. The average Bonchev–Trinajstić information content (AvgIpc) is 2.90. The van der Waals surface area contributed by atoms with Crippen molar-refractivity contribution < 1.29 is 17.9 Å². The van der Waals surface area contributed by atoms with E-state index in [2.05, 4.69) is 20.2 Å². The van der Waals surface area contributed by atoms with E-state index >= 15 is 0 Å². The van der Waals surface area contributed by atoms with Crippen LogP contribution in [0.5, 0.6) is 11.5 Å². The highest BCUT2D eigenvalue weighted by atomic mass is 32.2. The van der Waals surface area contributed by atoms with E-state index in [0.717, 1.165) is 33.7 Å². The molecule has 8 nitrogen and oxygen atoms in total. The average molecular weight is 505 g/mol. The van der Waals surface area contributed by atoms with Gasteiger partial charge in [-0.25, -0.2) is 18.4 Å². The van der Waals surface area contributed by atoms with Gasteiger partial charge in [-0.15, -0.1) is 0 Å². The van der Waals surface area contributed by atoms with Gasteiger partial charge in [0.15, 0.2) is 9.84 Å². The predicted molar refractivity (Wildman–Crippen MR) is 141 cm³/mol. The van der Waals surface area contributed by atoms with E-state index in [4.69, 9.17) is 9.47 Å². The number of sulfone groups is 1. The summed E-state index contributed by atoms with van der Waals surface area (Å²) in [5.74, 6) is 2.63. The van der Waals surface area contributed by atoms with Gasteiger partial charge in [0.2, 0.25) is 0 Å². The van der Waals surface area contributed by atoms with Gasteiger partial charge < -0.3 is 14.8 Å². The molecule has 0 atom stereocenters. The van der Waals surface area contributed by atoms with Crippen LogP contribution in [-0.4, -0.2) is 61.0 Å². The van der Waals surface area contributed by atoms with Gasteiger partial charge in [0.25, 0.3) is 0 Å². The molecule has 186 valence electrons. The Kier molecular flexibility index (Phi) is 7.29. The summed E-state index contributed by atoms with van der Waals surface area (Å²) in [4.78, 5) is 10.9. The van der Waals surface area contributed by atoms with Crippen molar-refractivity contribution in [2.75, 3.05) is 43.1 Å². The van der Waals surface area contributed by atoms with E-state index in [1.807, 2.05) is 72.8 Å². The molecule has 0 radical (unpaired) electrons. The molecule has 2 heterocycles. The fourth-order valence-corrected chi connectivity index (χ4v) is 5.28. The number of hydrogen-bond acceptors (Lipinski definition) is 8. The number of fused-ring (bicyclic) bond motifs is 1. The molecule has 4 aromatic rings. The lowest BCUT2D eigenvalue weighted by Crippen LogP contribution is -2.42. The summed E-state index contributed by atoms with van der Waals surface area (Å²) in [6, 6.07) is 23.5. The van der Waals surface area contributed by atoms with Gasteiger partial charge in [-0.05, 0) is 48.0 Å². The van der Waals surface area contributed by atoms with Gasteiger partial charge in [0.1, 0.15) is 36.9 Å². The number of rotatable bonds is 9. The van der Waals surface area contributed by atoms with E-state index in [-0.39, 0.29) is 11.5 Å². The molecule has 0 aliphatic carbocycles. The van der Waals surface area contributed by atoms with Gasteiger partial charge in [-0.3, -0.25) is 4.90 Å². The minimum Gasteiger partial charge on any atom is -0.492 e. The molecule has 0 saturated carbocycles. The highest BCUT2D eigenvalue weighted by Gasteiger charge is 2.21. The molecule has 0 unspecified atom stereocenters. The number of nitrogens with zero attached hydrogens (tertiary/aromatic N) is 3. The Hall–Kier alpha value is -3.69. The van der Waals surface area contributed by atoms with Crippen LogP contribution in [0.2, 0.25) is 0 Å². The second-order valence-corrected chi connectivity index (χ2v) is 11.0. The topological polar surface area (TPSA) is 93.7 Å². The second kappa shape index (κ2) is 10.9. The maximum atomic E-state index is 11.6. The van der Waals surface area contributed by atoms with Crippen molar-refractivity contribution in [3.05, 3.63) is 84.7 Å². The Balaban J connectivity index is 1.20. The molecule has 1 aliphatic rings. The van der Waals surface area contributed by atoms with Crippen molar-refractivity contribution in [2.45, 2.75) is 6.61 Å². The molecule has 0 spiro atoms. The molecular weight excluding hydrogens is 476 g/mol. The van der Waals surface area contributed by atoms with Crippen LogP contribution in [0, 0.1) is 0 Å². The van der Waals surface area contributed by atoms with E-state index in [1.165, 1.54) is 6.33 Å². The molecule has 1 aliphatic heterocycles. The predicted octanol–water partition coefficient (Wildman–Crippen LogP) is 4.06. The molecule has 1 N–H and O–H groups in total. The lowest BCUT2D eigenvalue weighted by molar-refractivity contribution is 0.220. The smallest absolute Gasteiger partial charge is 0.152 e. The molecule has 9 heteroatoms. The summed E-state index contributed by atoms with van der Waals surface area (Å²) in [5, 5.41) is 4.21.